The molecule has 3 heteroatoms. The van der Waals surface area contributed by atoms with Crippen LogP contribution in [0.3, 0.4) is 0 Å². The molecule has 0 aliphatic carbocycles. The van der Waals surface area contributed by atoms with Crippen LogP contribution in [0.1, 0.15) is 44.6 Å². The third-order valence-corrected chi connectivity index (χ3v) is 4.79. The Morgan fingerprint density at radius 1 is 1.21 bits per heavy atom. The van der Waals surface area contributed by atoms with Gasteiger partial charge in [-0.05, 0) is 37.5 Å². The number of carbonyl (C=O) groups is 1. The number of benzene rings is 1. The first kappa shape index (κ1) is 16.6. The Morgan fingerprint density at radius 2 is 1.95 bits per heavy atom. The zero-order valence-electron chi connectivity index (χ0n) is 11.7. The van der Waals surface area contributed by atoms with E-state index in [1.165, 1.54) is 12.0 Å². The van der Waals surface area contributed by atoms with Crippen molar-refractivity contribution in [3.05, 3.63) is 35.9 Å². The topological polar surface area (TPSA) is 17.1 Å². The summed E-state index contributed by atoms with van der Waals surface area (Å²) in [5.74, 6) is 2.33. The maximum Gasteiger partial charge on any atom is 0.129 e. The van der Waals surface area contributed by atoms with Gasteiger partial charge in [-0.15, -0.1) is 0 Å². The van der Waals surface area contributed by atoms with Crippen LogP contribution in [-0.2, 0) is 10.5 Å². The summed E-state index contributed by atoms with van der Waals surface area (Å²) >= 11 is 6.37. The molecule has 106 valence electrons. The zero-order valence-corrected chi connectivity index (χ0v) is 13.4. The fourth-order valence-corrected chi connectivity index (χ4v) is 3.71. The van der Waals surface area contributed by atoms with Gasteiger partial charge in [0.15, 0.2) is 0 Å². The molecule has 0 saturated heterocycles. The predicted molar refractivity (Wildman–Crippen MR) is 89.1 cm³/mol. The van der Waals surface area contributed by atoms with Gasteiger partial charge < -0.3 is 4.79 Å². The average Bonchev–Trinajstić information content (AvgIpc) is 2.41. The first-order chi connectivity index (χ1) is 9.22. The second kappa shape index (κ2) is 10.4. The number of rotatable bonds is 10. The maximum atomic E-state index is 10.9. The summed E-state index contributed by atoms with van der Waals surface area (Å²) in [5, 5.41) is 0.671. The molecular formula is C16H24OS2. The molecule has 1 atom stereocenters. The highest BCUT2D eigenvalue weighted by Gasteiger charge is 2.09. The van der Waals surface area contributed by atoms with Gasteiger partial charge in [0.25, 0.3) is 0 Å². The normalized spacial score (nSPS) is 12.3. The number of carbonyl (C=O) groups excluding carboxylic acids is 1. The lowest BCUT2D eigenvalue weighted by molar-refractivity contribution is -0.117. The van der Waals surface area contributed by atoms with Crippen LogP contribution < -0.4 is 0 Å². The maximum absolute atomic E-state index is 10.9. The molecule has 0 aliphatic heterocycles. The van der Waals surface area contributed by atoms with Crippen LogP contribution in [0.5, 0.6) is 0 Å². The minimum Gasteiger partial charge on any atom is -0.300 e. The minimum absolute atomic E-state index is 0.308. The molecule has 0 radical (unpaired) electrons. The Bertz CT molecular complexity index is 351. The fraction of sp³-hybridized carbons (Fsp3) is 0.562. The van der Waals surface area contributed by atoms with Crippen molar-refractivity contribution >= 4 is 30.2 Å². The Hall–Kier alpha value is -0.410. The lowest BCUT2D eigenvalue weighted by Crippen LogP contribution is -2.05. The highest BCUT2D eigenvalue weighted by molar-refractivity contribution is 7.99. The molecule has 1 aromatic rings. The standard InChI is InChI=1S/C16H24OS2/c1-14(17)7-5-6-10-16(11-12-18)19-13-15-8-3-2-4-9-15/h2-4,8-9,16,18H,5-7,10-13H2,1H3. The molecule has 1 rings (SSSR count). The summed E-state index contributed by atoms with van der Waals surface area (Å²) in [7, 11) is 0. The van der Waals surface area contributed by atoms with Gasteiger partial charge in [-0.25, -0.2) is 0 Å². The van der Waals surface area contributed by atoms with E-state index < -0.39 is 0 Å². The number of unbranched alkanes of at least 4 members (excludes halogenated alkanes) is 1. The van der Waals surface area contributed by atoms with E-state index in [1.54, 1.807) is 6.92 Å². The Labute approximate surface area is 127 Å². The van der Waals surface area contributed by atoms with Crippen LogP contribution in [0.4, 0.5) is 0 Å². The van der Waals surface area contributed by atoms with E-state index in [-0.39, 0.29) is 0 Å². The van der Waals surface area contributed by atoms with Gasteiger partial charge in [0.1, 0.15) is 5.78 Å². The molecule has 0 fully saturated rings. The van der Waals surface area contributed by atoms with Gasteiger partial charge in [-0.3, -0.25) is 0 Å². The van der Waals surface area contributed by atoms with Crippen molar-refractivity contribution < 1.29 is 4.79 Å². The van der Waals surface area contributed by atoms with Crippen molar-refractivity contribution in [3.8, 4) is 0 Å². The van der Waals surface area contributed by atoms with Gasteiger partial charge in [-0.1, -0.05) is 36.8 Å². The number of hydrogen-bond acceptors (Lipinski definition) is 3. The number of hydrogen-bond donors (Lipinski definition) is 1. The molecule has 0 amide bonds. The highest BCUT2D eigenvalue weighted by atomic mass is 32.2. The SMILES string of the molecule is CC(=O)CCCCC(CCS)SCc1ccccc1. The van der Waals surface area contributed by atoms with E-state index in [4.69, 9.17) is 0 Å². The van der Waals surface area contributed by atoms with Crippen molar-refractivity contribution in [2.45, 2.75) is 50.0 Å². The van der Waals surface area contributed by atoms with Crippen molar-refractivity contribution in [3.63, 3.8) is 0 Å². The van der Waals surface area contributed by atoms with Crippen LogP contribution >= 0.6 is 24.4 Å². The fourth-order valence-electron chi connectivity index (χ4n) is 1.99. The van der Waals surface area contributed by atoms with Crippen LogP contribution in [0, 0.1) is 0 Å². The molecule has 0 spiro atoms. The van der Waals surface area contributed by atoms with Gasteiger partial charge in [-0.2, -0.15) is 24.4 Å². The van der Waals surface area contributed by atoms with Crippen LogP contribution in [0.2, 0.25) is 0 Å². The van der Waals surface area contributed by atoms with Crippen molar-refractivity contribution in [2.75, 3.05) is 5.75 Å². The number of ketones is 1. The number of thioether (sulfide) groups is 1. The third kappa shape index (κ3) is 8.38. The zero-order chi connectivity index (χ0) is 13.9. The molecule has 1 unspecified atom stereocenters. The number of Topliss-reactive ketones (excluding diaryl/α,β-unsaturated/α-hetero) is 1. The molecule has 0 aliphatic rings. The smallest absolute Gasteiger partial charge is 0.129 e. The Morgan fingerprint density at radius 3 is 2.58 bits per heavy atom. The van der Waals surface area contributed by atoms with Gasteiger partial charge in [0, 0.05) is 17.4 Å². The van der Waals surface area contributed by atoms with Crippen LogP contribution in [0.25, 0.3) is 0 Å². The van der Waals surface area contributed by atoms with E-state index in [0.717, 1.165) is 37.2 Å². The largest absolute Gasteiger partial charge is 0.300 e. The monoisotopic (exact) mass is 296 g/mol. The van der Waals surface area contributed by atoms with Gasteiger partial charge >= 0.3 is 0 Å². The van der Waals surface area contributed by atoms with Crippen molar-refractivity contribution in [2.24, 2.45) is 0 Å². The molecule has 0 saturated carbocycles. The second-order valence-electron chi connectivity index (χ2n) is 4.88. The highest BCUT2D eigenvalue weighted by Crippen LogP contribution is 2.25. The summed E-state index contributed by atoms with van der Waals surface area (Å²) in [6.45, 7) is 1.68. The molecule has 1 aromatic carbocycles. The van der Waals surface area contributed by atoms with Crippen LogP contribution in [-0.4, -0.2) is 16.8 Å². The quantitative estimate of drug-likeness (QED) is 0.495. The summed E-state index contributed by atoms with van der Waals surface area (Å²) in [6, 6.07) is 10.6. The molecule has 19 heavy (non-hydrogen) atoms. The summed E-state index contributed by atoms with van der Waals surface area (Å²) < 4.78 is 0. The number of thiol groups is 1. The summed E-state index contributed by atoms with van der Waals surface area (Å²) in [5.41, 5.74) is 1.39. The molecule has 0 aromatic heterocycles. The lowest BCUT2D eigenvalue weighted by atomic mass is 10.1. The Kier molecular flexibility index (Phi) is 9.10. The summed E-state index contributed by atoms with van der Waals surface area (Å²) in [6.07, 6.45) is 5.27. The second-order valence-corrected chi connectivity index (χ2v) is 6.61. The molecular weight excluding hydrogens is 272 g/mol. The van der Waals surface area contributed by atoms with E-state index >= 15 is 0 Å². The molecule has 0 heterocycles. The summed E-state index contributed by atoms with van der Waals surface area (Å²) in [4.78, 5) is 10.9. The third-order valence-electron chi connectivity index (χ3n) is 3.08. The molecule has 0 bridgehead atoms. The van der Waals surface area contributed by atoms with Crippen LogP contribution in [0.15, 0.2) is 30.3 Å². The first-order valence-electron chi connectivity index (χ1n) is 6.98. The van der Waals surface area contributed by atoms with Crippen molar-refractivity contribution in [1.29, 1.82) is 0 Å². The molecule has 1 nitrogen and oxygen atoms in total. The van der Waals surface area contributed by atoms with E-state index in [0.29, 0.717) is 11.0 Å². The predicted octanol–water partition coefficient (Wildman–Crippen LogP) is 4.76. The van der Waals surface area contributed by atoms with E-state index in [2.05, 4.69) is 43.0 Å². The molecule has 0 N–H and O–H groups in total. The van der Waals surface area contributed by atoms with Gasteiger partial charge in [0.2, 0.25) is 0 Å². The van der Waals surface area contributed by atoms with E-state index in [9.17, 15) is 4.79 Å². The Balaban J connectivity index is 2.25. The average molecular weight is 297 g/mol. The minimum atomic E-state index is 0.308. The lowest BCUT2D eigenvalue weighted by Gasteiger charge is -2.15. The van der Waals surface area contributed by atoms with E-state index in [1.807, 2.05) is 11.8 Å². The van der Waals surface area contributed by atoms with Crippen molar-refractivity contribution in [1.82, 2.24) is 0 Å². The first-order valence-corrected chi connectivity index (χ1v) is 8.66. The van der Waals surface area contributed by atoms with Gasteiger partial charge in [0.05, 0.1) is 0 Å².